The maximum atomic E-state index is 9.95. The summed E-state index contributed by atoms with van der Waals surface area (Å²) < 4.78 is 31.6. The highest BCUT2D eigenvalue weighted by Gasteiger charge is 2.02. The van der Waals surface area contributed by atoms with E-state index in [4.69, 9.17) is 4.84 Å². The molecule has 1 aromatic heterocycles. The number of hydrogen-bond acceptors (Lipinski definition) is 4. The maximum absolute atomic E-state index is 9.95. The van der Waals surface area contributed by atoms with E-state index in [1.165, 1.54) is 0 Å². The number of aromatic nitrogens is 1. The van der Waals surface area contributed by atoms with Gasteiger partial charge in [-0.15, -0.1) is 0 Å². The van der Waals surface area contributed by atoms with E-state index in [2.05, 4.69) is 0 Å². The van der Waals surface area contributed by atoms with Crippen LogP contribution in [0.4, 0.5) is 0 Å². The molecule has 0 aliphatic rings. The highest BCUT2D eigenvalue weighted by Crippen LogP contribution is 1.96. The normalized spacial score (nSPS) is 10.5. The molecule has 110 valence electrons. The highest BCUT2D eigenvalue weighted by atomic mass is 32.2. The Morgan fingerprint density at radius 1 is 1.26 bits per heavy atom. The zero-order chi connectivity index (χ0) is 14.7. The van der Waals surface area contributed by atoms with Crippen LogP contribution in [-0.2, 0) is 10.1 Å². The van der Waals surface area contributed by atoms with E-state index >= 15 is 0 Å². The van der Waals surface area contributed by atoms with Gasteiger partial charge in [-0.2, -0.15) is 0 Å². The number of aryl methyl sites for hydroxylation is 1. The Morgan fingerprint density at radius 2 is 1.95 bits per heavy atom. The first-order valence-corrected chi connectivity index (χ1v) is 8.02. The Bertz CT molecular complexity index is 446. The molecule has 0 aromatic carbocycles. The lowest BCUT2D eigenvalue weighted by molar-refractivity contribution is -0.894. The molecule has 5 nitrogen and oxygen atoms in total. The van der Waals surface area contributed by atoms with Crippen molar-refractivity contribution in [3.05, 3.63) is 30.1 Å². The molecule has 0 unspecified atom stereocenters. The van der Waals surface area contributed by atoms with E-state index in [9.17, 15) is 13.0 Å². The third kappa shape index (κ3) is 10.5. The molecular formula is C13H23NO4S. The van der Waals surface area contributed by atoms with E-state index in [1.54, 1.807) is 4.73 Å². The molecule has 0 aliphatic heterocycles. The Morgan fingerprint density at radius 3 is 2.42 bits per heavy atom. The summed E-state index contributed by atoms with van der Waals surface area (Å²) in [7, 11) is -3.95. The van der Waals surface area contributed by atoms with Gasteiger partial charge in [0.25, 0.3) is 0 Å². The molecule has 0 atom stereocenters. The van der Waals surface area contributed by atoms with Crippen molar-refractivity contribution < 1.29 is 22.5 Å². The van der Waals surface area contributed by atoms with Crippen molar-refractivity contribution in [3.8, 4) is 0 Å². The number of hydrogen-bond donors (Lipinski definition) is 0. The molecule has 1 heterocycles. The molecular weight excluding hydrogens is 266 g/mol. The smallest absolute Gasteiger partial charge is 0.231 e. The average molecular weight is 289 g/mol. The molecule has 0 fully saturated rings. The van der Waals surface area contributed by atoms with Crippen LogP contribution in [0.3, 0.4) is 0 Å². The van der Waals surface area contributed by atoms with Crippen LogP contribution in [0, 0.1) is 6.92 Å². The second-order valence-electron chi connectivity index (χ2n) is 4.05. The number of unbranched alkanes of at least 4 members (excludes halogenated alkanes) is 2. The van der Waals surface area contributed by atoms with Crippen molar-refractivity contribution in [2.75, 3.05) is 12.4 Å². The minimum absolute atomic E-state index is 0.208. The van der Waals surface area contributed by atoms with E-state index in [0.717, 1.165) is 18.5 Å². The van der Waals surface area contributed by atoms with Crippen LogP contribution in [0.25, 0.3) is 0 Å². The van der Waals surface area contributed by atoms with E-state index in [0.29, 0.717) is 13.0 Å². The summed E-state index contributed by atoms with van der Waals surface area (Å²) in [6.07, 6.45) is 4.16. The van der Waals surface area contributed by atoms with E-state index < -0.39 is 10.1 Å². The summed E-state index contributed by atoms with van der Waals surface area (Å²) in [5.74, 6) is -0.208. The van der Waals surface area contributed by atoms with Crippen molar-refractivity contribution >= 4 is 10.1 Å². The fourth-order valence-electron chi connectivity index (χ4n) is 1.33. The van der Waals surface area contributed by atoms with Gasteiger partial charge < -0.3 is 4.55 Å². The molecule has 0 radical (unpaired) electrons. The van der Waals surface area contributed by atoms with Crippen molar-refractivity contribution in [1.29, 1.82) is 0 Å². The monoisotopic (exact) mass is 289 g/mol. The molecule has 0 N–H and O–H groups in total. The zero-order valence-electron chi connectivity index (χ0n) is 11.8. The Labute approximate surface area is 115 Å². The predicted octanol–water partition coefficient (Wildman–Crippen LogP) is 1.45. The summed E-state index contributed by atoms with van der Waals surface area (Å²) in [5, 5.41) is 0. The minimum Gasteiger partial charge on any atom is -0.748 e. The van der Waals surface area contributed by atoms with Crippen molar-refractivity contribution in [2.24, 2.45) is 0 Å². The molecule has 0 saturated heterocycles. The van der Waals surface area contributed by atoms with Crippen molar-refractivity contribution in [3.63, 3.8) is 0 Å². The van der Waals surface area contributed by atoms with Gasteiger partial charge in [0.05, 0.1) is 10.1 Å². The summed E-state index contributed by atoms with van der Waals surface area (Å²) in [6, 6.07) is 5.95. The Kier molecular flexibility index (Phi) is 9.16. The van der Waals surface area contributed by atoms with Crippen LogP contribution in [0.5, 0.6) is 0 Å². The molecule has 6 heteroatoms. The first kappa shape index (κ1) is 17.9. The second kappa shape index (κ2) is 9.75. The molecule has 0 saturated carbocycles. The quantitative estimate of drug-likeness (QED) is 0.451. The third-order valence-corrected chi connectivity index (χ3v) is 3.07. The summed E-state index contributed by atoms with van der Waals surface area (Å²) in [4.78, 5) is 5.25. The van der Waals surface area contributed by atoms with E-state index in [1.807, 2.05) is 45.2 Å². The lowest BCUT2D eigenvalue weighted by atomic mass is 10.3. The van der Waals surface area contributed by atoms with Gasteiger partial charge in [0.15, 0.2) is 6.61 Å². The van der Waals surface area contributed by atoms with Gasteiger partial charge in [0.1, 0.15) is 0 Å². The summed E-state index contributed by atoms with van der Waals surface area (Å²) in [5.41, 5.74) is 1.12. The lowest BCUT2D eigenvalue weighted by Gasteiger charge is -2.03. The predicted molar refractivity (Wildman–Crippen MR) is 72.6 cm³/mol. The van der Waals surface area contributed by atoms with Crippen LogP contribution in [0.2, 0.25) is 0 Å². The average Bonchev–Trinajstić information content (AvgIpc) is 2.32. The third-order valence-electron chi connectivity index (χ3n) is 2.28. The Balaban J connectivity index is 0.000000344. The van der Waals surface area contributed by atoms with Gasteiger partial charge in [-0.25, -0.2) is 8.42 Å². The summed E-state index contributed by atoms with van der Waals surface area (Å²) >= 11 is 0. The SMILES string of the molecule is CCCCCS(=O)(=O)[O-].CCO[n+]1ccccc1C. The van der Waals surface area contributed by atoms with Gasteiger partial charge >= 0.3 is 0 Å². The van der Waals surface area contributed by atoms with Crippen molar-refractivity contribution in [1.82, 2.24) is 0 Å². The van der Waals surface area contributed by atoms with Gasteiger partial charge in [-0.1, -0.05) is 19.8 Å². The van der Waals surface area contributed by atoms with Gasteiger partial charge in [-0.05, 0) is 19.4 Å². The van der Waals surface area contributed by atoms with Crippen LogP contribution in [0.15, 0.2) is 24.4 Å². The second-order valence-corrected chi connectivity index (χ2v) is 5.58. The van der Waals surface area contributed by atoms with Gasteiger partial charge in [-0.3, -0.25) is 4.84 Å². The van der Waals surface area contributed by atoms with E-state index in [-0.39, 0.29) is 5.75 Å². The molecule has 1 aromatic rings. The van der Waals surface area contributed by atoms with Crippen LogP contribution < -0.4 is 9.57 Å². The molecule has 0 bridgehead atoms. The summed E-state index contributed by atoms with van der Waals surface area (Å²) in [6.45, 7) is 6.64. The number of nitrogens with zero attached hydrogens (tertiary/aromatic N) is 1. The Hall–Kier alpha value is -1.14. The molecule has 0 amide bonds. The molecule has 0 spiro atoms. The number of rotatable bonds is 6. The number of pyridine rings is 1. The fourth-order valence-corrected chi connectivity index (χ4v) is 1.88. The topological polar surface area (TPSA) is 70.3 Å². The maximum Gasteiger partial charge on any atom is 0.231 e. The first-order valence-electron chi connectivity index (χ1n) is 6.44. The molecule has 0 aliphatic carbocycles. The van der Waals surface area contributed by atoms with Crippen LogP contribution in [-0.4, -0.2) is 25.3 Å². The first-order chi connectivity index (χ1) is 8.90. The zero-order valence-corrected chi connectivity index (χ0v) is 12.6. The largest absolute Gasteiger partial charge is 0.748 e. The van der Waals surface area contributed by atoms with Crippen molar-refractivity contribution in [2.45, 2.75) is 40.0 Å². The highest BCUT2D eigenvalue weighted by molar-refractivity contribution is 7.85. The van der Waals surface area contributed by atoms with Gasteiger partial charge in [0, 0.05) is 29.5 Å². The van der Waals surface area contributed by atoms with Gasteiger partial charge in [0.2, 0.25) is 11.9 Å². The molecule has 19 heavy (non-hydrogen) atoms. The molecule has 1 rings (SSSR count). The van der Waals surface area contributed by atoms with Crippen LogP contribution >= 0.6 is 0 Å². The lowest BCUT2D eigenvalue weighted by Crippen LogP contribution is -2.44. The standard InChI is InChI=1S/C8H12NO.C5H12O3S/c1-3-10-9-7-5-4-6-8(9)2;1-2-3-4-5-9(6,7)8/h4-7H,3H2,1-2H3;2-5H2,1H3,(H,6,7,8)/q+1;/p-1. The minimum atomic E-state index is -3.95. The van der Waals surface area contributed by atoms with Crippen LogP contribution in [0.1, 0.15) is 38.8 Å². The fraction of sp³-hybridized carbons (Fsp3) is 0.615.